The van der Waals surface area contributed by atoms with E-state index in [0.29, 0.717) is 12.1 Å². The van der Waals surface area contributed by atoms with Crippen molar-refractivity contribution < 1.29 is 4.79 Å². The number of benzene rings is 1. The van der Waals surface area contributed by atoms with Gasteiger partial charge in [-0.2, -0.15) is 0 Å². The molecule has 148 valence electrons. The third-order valence-electron chi connectivity index (χ3n) is 6.75. The van der Waals surface area contributed by atoms with Gasteiger partial charge in [0.25, 0.3) is 5.91 Å². The molecule has 4 nitrogen and oxygen atoms in total. The minimum absolute atomic E-state index is 0.210. The lowest BCUT2D eigenvalue weighted by Gasteiger charge is -2.34. The number of imidazole rings is 1. The van der Waals surface area contributed by atoms with Crippen molar-refractivity contribution >= 4 is 5.91 Å². The van der Waals surface area contributed by atoms with Gasteiger partial charge >= 0.3 is 0 Å². The highest BCUT2D eigenvalue weighted by atomic mass is 16.2. The molecule has 0 atom stereocenters. The van der Waals surface area contributed by atoms with Crippen LogP contribution < -0.4 is 0 Å². The first kappa shape index (κ1) is 18.0. The quantitative estimate of drug-likeness (QED) is 0.733. The average molecular weight is 378 g/mol. The van der Waals surface area contributed by atoms with Gasteiger partial charge in [0, 0.05) is 24.2 Å². The van der Waals surface area contributed by atoms with Crippen LogP contribution in [0.3, 0.4) is 0 Å². The number of nitrogens with zero attached hydrogens (tertiary/aromatic N) is 3. The van der Waals surface area contributed by atoms with Crippen LogP contribution >= 0.6 is 0 Å². The van der Waals surface area contributed by atoms with Crippen LogP contribution in [-0.2, 0) is 13.0 Å². The lowest BCUT2D eigenvalue weighted by Crippen LogP contribution is -2.43. The zero-order chi connectivity index (χ0) is 18.9. The van der Waals surface area contributed by atoms with Crippen LogP contribution in [0.25, 0.3) is 11.4 Å². The number of amides is 1. The Morgan fingerprint density at radius 2 is 1.61 bits per heavy atom. The summed E-state index contributed by atoms with van der Waals surface area (Å²) < 4.78 is 2.35. The summed E-state index contributed by atoms with van der Waals surface area (Å²) in [4.78, 5) is 21.1. The molecule has 0 N–H and O–H groups in total. The SMILES string of the molecule is O=C(c1nc(-c2ccccc2)n2c1CCCCC2)N(C1CCCCC1)C1CC1. The molecular weight excluding hydrogens is 346 g/mol. The maximum absolute atomic E-state index is 13.8. The Morgan fingerprint density at radius 1 is 0.893 bits per heavy atom. The molecule has 1 aliphatic heterocycles. The van der Waals surface area contributed by atoms with Crippen LogP contribution in [0, 0.1) is 0 Å². The number of hydrogen-bond donors (Lipinski definition) is 0. The van der Waals surface area contributed by atoms with E-state index in [1.165, 1.54) is 63.5 Å². The first-order valence-electron chi connectivity index (χ1n) is 11.3. The Hall–Kier alpha value is -2.10. The van der Waals surface area contributed by atoms with Crippen molar-refractivity contribution in [2.75, 3.05) is 0 Å². The number of carbonyl (C=O) groups is 1. The first-order chi connectivity index (χ1) is 13.8. The molecule has 2 aliphatic carbocycles. The highest BCUT2D eigenvalue weighted by Crippen LogP contribution is 2.36. The third kappa shape index (κ3) is 3.38. The normalized spacial score (nSPS) is 20.4. The van der Waals surface area contributed by atoms with Gasteiger partial charge in [0.1, 0.15) is 11.5 Å². The molecule has 4 heteroatoms. The second kappa shape index (κ2) is 7.73. The molecular formula is C24H31N3O. The zero-order valence-corrected chi connectivity index (χ0v) is 16.8. The van der Waals surface area contributed by atoms with Crippen molar-refractivity contribution in [2.45, 2.75) is 89.3 Å². The van der Waals surface area contributed by atoms with Gasteiger partial charge in [0.2, 0.25) is 0 Å². The van der Waals surface area contributed by atoms with Gasteiger partial charge in [-0.1, -0.05) is 56.0 Å². The van der Waals surface area contributed by atoms with Crippen molar-refractivity contribution in [3.05, 3.63) is 41.7 Å². The van der Waals surface area contributed by atoms with E-state index < -0.39 is 0 Å². The number of hydrogen-bond acceptors (Lipinski definition) is 2. The molecule has 2 saturated carbocycles. The monoisotopic (exact) mass is 377 g/mol. The summed E-state index contributed by atoms with van der Waals surface area (Å²) in [6.45, 7) is 0.979. The second-order valence-corrected chi connectivity index (χ2v) is 8.79. The van der Waals surface area contributed by atoms with Crippen LogP contribution in [0.5, 0.6) is 0 Å². The third-order valence-corrected chi connectivity index (χ3v) is 6.75. The standard InChI is InChI=1S/C24H31N3O/c28-24(27(20-15-16-20)19-12-6-2-7-13-19)22-21-14-8-3-9-17-26(21)23(25-22)18-10-4-1-5-11-18/h1,4-5,10-11,19-20H,2-3,6-9,12-17H2. The Labute approximate surface area is 168 Å². The minimum atomic E-state index is 0.210. The predicted octanol–water partition coefficient (Wildman–Crippen LogP) is 5.21. The van der Waals surface area contributed by atoms with Gasteiger partial charge in [-0.25, -0.2) is 4.98 Å². The van der Waals surface area contributed by atoms with Crippen molar-refractivity contribution in [1.82, 2.24) is 14.5 Å². The number of carbonyl (C=O) groups excluding carboxylic acids is 1. The van der Waals surface area contributed by atoms with Crippen molar-refractivity contribution in [3.8, 4) is 11.4 Å². The second-order valence-electron chi connectivity index (χ2n) is 8.79. The van der Waals surface area contributed by atoms with E-state index in [0.717, 1.165) is 36.5 Å². The number of aromatic nitrogens is 2. The summed E-state index contributed by atoms with van der Waals surface area (Å²) in [5.41, 5.74) is 3.06. The van der Waals surface area contributed by atoms with Gasteiger partial charge < -0.3 is 9.47 Å². The lowest BCUT2D eigenvalue weighted by molar-refractivity contribution is 0.0607. The molecule has 0 radical (unpaired) electrons. The molecule has 5 rings (SSSR count). The van der Waals surface area contributed by atoms with Crippen molar-refractivity contribution in [1.29, 1.82) is 0 Å². The Bertz CT molecular complexity index is 831. The summed E-state index contributed by atoms with van der Waals surface area (Å²) in [7, 11) is 0. The molecule has 2 aromatic rings. The zero-order valence-electron chi connectivity index (χ0n) is 16.8. The molecule has 3 aliphatic rings. The van der Waals surface area contributed by atoms with Crippen LogP contribution in [0.4, 0.5) is 0 Å². The number of fused-ring (bicyclic) bond motifs is 1. The van der Waals surface area contributed by atoms with Crippen LogP contribution in [0.1, 0.15) is 80.4 Å². The van der Waals surface area contributed by atoms with Gasteiger partial charge in [-0.05, 0) is 44.9 Å². The fraction of sp³-hybridized carbons (Fsp3) is 0.583. The molecule has 1 aromatic heterocycles. The Balaban J connectivity index is 1.55. The first-order valence-corrected chi connectivity index (χ1v) is 11.3. The summed E-state index contributed by atoms with van der Waals surface area (Å²) in [5, 5.41) is 0. The molecule has 0 saturated heterocycles. The summed E-state index contributed by atoms with van der Waals surface area (Å²) in [6.07, 6.45) is 13.1. The van der Waals surface area contributed by atoms with E-state index in [9.17, 15) is 4.79 Å². The molecule has 2 heterocycles. The largest absolute Gasteiger partial charge is 0.331 e. The molecule has 1 amide bonds. The van der Waals surface area contributed by atoms with Crippen LogP contribution in [-0.4, -0.2) is 32.4 Å². The van der Waals surface area contributed by atoms with Gasteiger partial charge in [-0.3, -0.25) is 4.79 Å². The molecule has 28 heavy (non-hydrogen) atoms. The van der Waals surface area contributed by atoms with Crippen LogP contribution in [0.2, 0.25) is 0 Å². The number of rotatable bonds is 4. The van der Waals surface area contributed by atoms with Gasteiger partial charge in [0.15, 0.2) is 0 Å². The summed E-state index contributed by atoms with van der Waals surface area (Å²) in [5.74, 6) is 1.20. The van der Waals surface area contributed by atoms with Gasteiger partial charge in [-0.15, -0.1) is 0 Å². The summed E-state index contributed by atoms with van der Waals surface area (Å²) >= 11 is 0. The topological polar surface area (TPSA) is 38.1 Å². The Morgan fingerprint density at radius 3 is 2.36 bits per heavy atom. The van der Waals surface area contributed by atoms with E-state index >= 15 is 0 Å². The average Bonchev–Trinajstić information content (AvgIpc) is 3.54. The van der Waals surface area contributed by atoms with Gasteiger partial charge in [0.05, 0.1) is 5.69 Å². The van der Waals surface area contributed by atoms with Crippen LogP contribution in [0.15, 0.2) is 30.3 Å². The lowest BCUT2D eigenvalue weighted by atomic mass is 9.93. The highest BCUT2D eigenvalue weighted by molar-refractivity contribution is 5.95. The van der Waals surface area contributed by atoms with Crippen molar-refractivity contribution in [3.63, 3.8) is 0 Å². The maximum Gasteiger partial charge on any atom is 0.274 e. The highest BCUT2D eigenvalue weighted by Gasteiger charge is 2.40. The van der Waals surface area contributed by atoms with Crippen molar-refractivity contribution in [2.24, 2.45) is 0 Å². The van der Waals surface area contributed by atoms with E-state index in [2.05, 4.69) is 33.7 Å². The van der Waals surface area contributed by atoms with E-state index in [4.69, 9.17) is 4.98 Å². The molecule has 0 unspecified atom stereocenters. The Kier molecular flexibility index (Phi) is 4.96. The predicted molar refractivity (Wildman–Crippen MR) is 111 cm³/mol. The van der Waals surface area contributed by atoms with E-state index in [-0.39, 0.29) is 5.91 Å². The smallest absolute Gasteiger partial charge is 0.274 e. The summed E-state index contributed by atoms with van der Waals surface area (Å²) in [6, 6.07) is 11.3. The molecule has 0 spiro atoms. The van der Waals surface area contributed by atoms with E-state index in [1.807, 2.05) is 6.07 Å². The molecule has 1 aromatic carbocycles. The fourth-order valence-corrected chi connectivity index (χ4v) is 5.16. The maximum atomic E-state index is 13.8. The minimum Gasteiger partial charge on any atom is -0.331 e. The van der Waals surface area contributed by atoms with E-state index in [1.54, 1.807) is 0 Å². The molecule has 0 bridgehead atoms. The molecule has 2 fully saturated rings. The fourth-order valence-electron chi connectivity index (χ4n) is 5.16.